The average molecular weight is 302 g/mol. The van der Waals surface area contributed by atoms with Gasteiger partial charge in [0.2, 0.25) is 6.17 Å². The van der Waals surface area contributed by atoms with Crippen LogP contribution in [0.1, 0.15) is 11.9 Å². The van der Waals surface area contributed by atoms with Crippen LogP contribution >= 0.6 is 0 Å². The van der Waals surface area contributed by atoms with E-state index < -0.39 is 6.17 Å². The SMILES string of the molecule is c1ccc(N=NC(N=Nc2ccccn2)c2ccccn2)cc1. The molecule has 3 aromatic rings. The van der Waals surface area contributed by atoms with Crippen LogP contribution in [0.3, 0.4) is 0 Å². The summed E-state index contributed by atoms with van der Waals surface area (Å²) in [5, 5.41) is 16.8. The summed E-state index contributed by atoms with van der Waals surface area (Å²) in [6, 6.07) is 20.5. The Balaban J connectivity index is 1.85. The lowest BCUT2D eigenvalue weighted by molar-refractivity contribution is 0.666. The van der Waals surface area contributed by atoms with E-state index in [4.69, 9.17) is 0 Å². The van der Waals surface area contributed by atoms with Crippen LogP contribution in [0.5, 0.6) is 0 Å². The minimum Gasteiger partial charge on any atom is -0.257 e. The lowest BCUT2D eigenvalue weighted by Crippen LogP contribution is -1.93. The van der Waals surface area contributed by atoms with E-state index in [1.807, 2.05) is 60.7 Å². The third-order valence-corrected chi connectivity index (χ3v) is 2.91. The van der Waals surface area contributed by atoms with Crippen molar-refractivity contribution in [2.24, 2.45) is 20.5 Å². The monoisotopic (exact) mass is 302 g/mol. The average Bonchev–Trinajstić information content (AvgIpc) is 2.64. The Bertz CT molecular complexity index is 722. The Morgan fingerprint density at radius 1 is 0.652 bits per heavy atom. The summed E-state index contributed by atoms with van der Waals surface area (Å²) in [4.78, 5) is 8.39. The Hall–Kier alpha value is -3.28. The molecule has 0 N–H and O–H groups in total. The first-order chi connectivity index (χ1) is 11.4. The quantitative estimate of drug-likeness (QED) is 0.619. The molecule has 3 rings (SSSR count). The number of aromatic nitrogens is 2. The molecule has 0 saturated carbocycles. The van der Waals surface area contributed by atoms with Crippen molar-refractivity contribution in [3.63, 3.8) is 0 Å². The molecule has 6 heteroatoms. The molecule has 0 aliphatic carbocycles. The maximum Gasteiger partial charge on any atom is 0.223 e. The molecule has 0 saturated heterocycles. The molecule has 0 spiro atoms. The van der Waals surface area contributed by atoms with Gasteiger partial charge in [-0.05, 0) is 36.4 Å². The molecular weight excluding hydrogens is 288 g/mol. The maximum atomic E-state index is 4.28. The van der Waals surface area contributed by atoms with E-state index in [0.717, 1.165) is 5.69 Å². The fourth-order valence-electron chi connectivity index (χ4n) is 1.81. The predicted molar refractivity (Wildman–Crippen MR) is 86.7 cm³/mol. The van der Waals surface area contributed by atoms with E-state index in [2.05, 4.69) is 30.4 Å². The molecule has 0 amide bonds. The molecule has 1 atom stereocenters. The van der Waals surface area contributed by atoms with E-state index in [-0.39, 0.29) is 0 Å². The van der Waals surface area contributed by atoms with E-state index in [0.29, 0.717) is 11.5 Å². The van der Waals surface area contributed by atoms with Crippen LogP contribution in [0, 0.1) is 0 Å². The number of benzene rings is 1. The van der Waals surface area contributed by atoms with Crippen molar-refractivity contribution in [2.45, 2.75) is 6.17 Å². The van der Waals surface area contributed by atoms with Gasteiger partial charge in [0.05, 0.1) is 11.4 Å². The van der Waals surface area contributed by atoms with E-state index in [1.165, 1.54) is 0 Å². The van der Waals surface area contributed by atoms with Crippen LogP contribution in [0.25, 0.3) is 0 Å². The van der Waals surface area contributed by atoms with Crippen LogP contribution < -0.4 is 0 Å². The third-order valence-electron chi connectivity index (χ3n) is 2.91. The molecule has 0 radical (unpaired) electrons. The van der Waals surface area contributed by atoms with Crippen molar-refractivity contribution in [1.29, 1.82) is 0 Å². The van der Waals surface area contributed by atoms with Gasteiger partial charge in [0.25, 0.3) is 0 Å². The molecule has 2 heterocycles. The minimum atomic E-state index is -0.613. The second-order valence-electron chi connectivity index (χ2n) is 4.58. The van der Waals surface area contributed by atoms with Crippen molar-refractivity contribution >= 4 is 11.5 Å². The van der Waals surface area contributed by atoms with Crippen molar-refractivity contribution in [1.82, 2.24) is 9.97 Å². The summed E-state index contributed by atoms with van der Waals surface area (Å²) < 4.78 is 0. The second kappa shape index (κ2) is 7.65. The molecule has 0 aliphatic rings. The normalized spacial score (nSPS) is 12.7. The smallest absolute Gasteiger partial charge is 0.223 e. The molecule has 1 aromatic carbocycles. The van der Waals surface area contributed by atoms with Gasteiger partial charge in [-0.1, -0.05) is 30.3 Å². The van der Waals surface area contributed by atoms with Crippen LogP contribution in [0.2, 0.25) is 0 Å². The zero-order chi connectivity index (χ0) is 15.7. The first-order valence-electron chi connectivity index (χ1n) is 7.10. The Kier molecular flexibility index (Phi) is 4.87. The first-order valence-corrected chi connectivity index (χ1v) is 7.10. The fourth-order valence-corrected chi connectivity index (χ4v) is 1.81. The Morgan fingerprint density at radius 2 is 1.35 bits per heavy atom. The van der Waals surface area contributed by atoms with E-state index >= 15 is 0 Å². The van der Waals surface area contributed by atoms with Crippen LogP contribution in [0.15, 0.2) is 99.6 Å². The molecule has 0 bridgehead atoms. The highest BCUT2D eigenvalue weighted by molar-refractivity contribution is 5.34. The van der Waals surface area contributed by atoms with Gasteiger partial charge >= 0.3 is 0 Å². The van der Waals surface area contributed by atoms with Gasteiger partial charge in [-0.25, -0.2) is 4.98 Å². The summed E-state index contributed by atoms with van der Waals surface area (Å²) in [6.45, 7) is 0. The molecule has 0 fully saturated rings. The molecular formula is C17H14N6. The summed E-state index contributed by atoms with van der Waals surface area (Å²) in [5.74, 6) is 0.517. The van der Waals surface area contributed by atoms with E-state index in [9.17, 15) is 0 Å². The van der Waals surface area contributed by atoms with E-state index in [1.54, 1.807) is 18.5 Å². The summed E-state index contributed by atoms with van der Waals surface area (Å²) in [7, 11) is 0. The zero-order valence-corrected chi connectivity index (χ0v) is 12.3. The van der Waals surface area contributed by atoms with Crippen LogP contribution in [-0.4, -0.2) is 9.97 Å². The van der Waals surface area contributed by atoms with Gasteiger partial charge in [-0.2, -0.15) is 15.3 Å². The zero-order valence-electron chi connectivity index (χ0n) is 12.3. The number of azo groups is 2. The molecule has 23 heavy (non-hydrogen) atoms. The van der Waals surface area contributed by atoms with Crippen LogP contribution in [-0.2, 0) is 0 Å². The summed E-state index contributed by atoms with van der Waals surface area (Å²) in [6.07, 6.45) is 2.74. The summed E-state index contributed by atoms with van der Waals surface area (Å²) >= 11 is 0. The van der Waals surface area contributed by atoms with Gasteiger partial charge in [0.1, 0.15) is 0 Å². The highest BCUT2D eigenvalue weighted by Gasteiger charge is 2.10. The number of hydrogen-bond acceptors (Lipinski definition) is 6. The number of pyridine rings is 2. The van der Waals surface area contributed by atoms with Crippen molar-refractivity contribution in [2.75, 3.05) is 0 Å². The maximum absolute atomic E-state index is 4.28. The van der Waals surface area contributed by atoms with Gasteiger partial charge in [-0.3, -0.25) is 4.98 Å². The summed E-state index contributed by atoms with van der Waals surface area (Å²) in [5.41, 5.74) is 1.42. The highest BCUT2D eigenvalue weighted by Crippen LogP contribution is 2.22. The molecule has 1 unspecified atom stereocenters. The topological polar surface area (TPSA) is 75.2 Å². The Labute approximate surface area is 133 Å². The first kappa shape index (κ1) is 14.6. The number of nitrogens with zero attached hydrogens (tertiary/aromatic N) is 6. The minimum absolute atomic E-state index is 0.517. The molecule has 6 nitrogen and oxygen atoms in total. The lowest BCUT2D eigenvalue weighted by Gasteiger charge is -2.04. The third kappa shape index (κ3) is 4.34. The van der Waals surface area contributed by atoms with Crippen molar-refractivity contribution in [3.8, 4) is 0 Å². The highest BCUT2D eigenvalue weighted by atomic mass is 15.3. The molecule has 2 aromatic heterocycles. The van der Waals surface area contributed by atoms with Gasteiger partial charge in [0, 0.05) is 12.4 Å². The van der Waals surface area contributed by atoms with Gasteiger partial charge in [0.15, 0.2) is 5.82 Å². The molecule has 112 valence electrons. The fraction of sp³-hybridized carbons (Fsp3) is 0.0588. The number of hydrogen-bond donors (Lipinski definition) is 0. The lowest BCUT2D eigenvalue weighted by atomic mass is 10.3. The second-order valence-corrected chi connectivity index (χ2v) is 4.58. The Morgan fingerprint density at radius 3 is 2.04 bits per heavy atom. The number of rotatable bonds is 5. The van der Waals surface area contributed by atoms with Gasteiger partial charge in [-0.15, -0.1) is 5.11 Å². The van der Waals surface area contributed by atoms with Crippen molar-refractivity contribution in [3.05, 3.63) is 84.8 Å². The van der Waals surface area contributed by atoms with Gasteiger partial charge < -0.3 is 0 Å². The largest absolute Gasteiger partial charge is 0.257 e. The standard InChI is InChI=1S/C17H14N6/c1-2-8-14(9-3-1)20-22-17(15-10-4-6-12-18-15)23-21-16-11-5-7-13-19-16/h1-13,17H. The van der Waals surface area contributed by atoms with Crippen molar-refractivity contribution < 1.29 is 0 Å². The van der Waals surface area contributed by atoms with Crippen LogP contribution in [0.4, 0.5) is 11.5 Å². The predicted octanol–water partition coefficient (Wildman–Crippen LogP) is 5.04. The molecule has 0 aliphatic heterocycles.